The summed E-state index contributed by atoms with van der Waals surface area (Å²) >= 11 is 0. The number of nitrogens with zero attached hydrogens (tertiary/aromatic N) is 4. The minimum atomic E-state index is -0.897. The summed E-state index contributed by atoms with van der Waals surface area (Å²) in [5.41, 5.74) is 11.4. The molecule has 7 heteroatoms. The molecule has 1 fully saturated rings. The van der Waals surface area contributed by atoms with Crippen molar-refractivity contribution in [2.24, 2.45) is 5.11 Å². The number of allylic oxidation sites excluding steroid dienone is 1. The van der Waals surface area contributed by atoms with Crippen molar-refractivity contribution in [2.75, 3.05) is 0 Å². The van der Waals surface area contributed by atoms with Gasteiger partial charge in [-0.2, -0.15) is 0 Å². The SMILES string of the molecule is CC(C)=C(C(=O)OCc1ccccc1)N1C(=O)C(N=[N+]=[N-])C1/C=C/c1ccccc1. The highest BCUT2D eigenvalue weighted by molar-refractivity contribution is 6.01. The molecule has 7 nitrogen and oxygen atoms in total. The third-order valence-corrected chi connectivity index (χ3v) is 4.69. The van der Waals surface area contributed by atoms with Crippen LogP contribution in [0, 0.1) is 0 Å². The molecule has 1 amide bonds. The zero-order chi connectivity index (χ0) is 21.5. The molecule has 30 heavy (non-hydrogen) atoms. The van der Waals surface area contributed by atoms with E-state index in [1.807, 2.05) is 66.7 Å². The van der Waals surface area contributed by atoms with Gasteiger partial charge in [0.15, 0.2) is 0 Å². The van der Waals surface area contributed by atoms with Crippen LogP contribution in [-0.2, 0) is 20.9 Å². The van der Waals surface area contributed by atoms with E-state index in [-0.39, 0.29) is 12.3 Å². The predicted molar refractivity (Wildman–Crippen MR) is 114 cm³/mol. The van der Waals surface area contributed by atoms with Gasteiger partial charge in [-0.3, -0.25) is 9.69 Å². The van der Waals surface area contributed by atoms with E-state index in [1.165, 1.54) is 4.90 Å². The van der Waals surface area contributed by atoms with Crippen LogP contribution in [0.5, 0.6) is 0 Å². The van der Waals surface area contributed by atoms with Crippen LogP contribution >= 0.6 is 0 Å². The topological polar surface area (TPSA) is 95.4 Å². The number of amides is 1. The number of likely N-dealkylation sites (tertiary alicyclic amines) is 1. The molecule has 0 aliphatic carbocycles. The number of esters is 1. The second-order valence-electron chi connectivity index (χ2n) is 7.03. The van der Waals surface area contributed by atoms with Crippen molar-refractivity contribution in [3.8, 4) is 0 Å². The molecule has 0 spiro atoms. The van der Waals surface area contributed by atoms with Crippen LogP contribution in [-0.4, -0.2) is 28.9 Å². The fourth-order valence-corrected chi connectivity index (χ4v) is 3.23. The molecule has 1 aliphatic heterocycles. The first-order valence-corrected chi connectivity index (χ1v) is 9.52. The number of benzene rings is 2. The molecule has 2 atom stereocenters. The van der Waals surface area contributed by atoms with Crippen molar-refractivity contribution in [3.63, 3.8) is 0 Å². The first-order chi connectivity index (χ1) is 14.5. The smallest absolute Gasteiger partial charge is 0.355 e. The Morgan fingerprint density at radius 3 is 2.37 bits per heavy atom. The molecule has 3 rings (SSSR count). The zero-order valence-electron chi connectivity index (χ0n) is 16.8. The molecular formula is C23H22N4O3. The van der Waals surface area contributed by atoms with Crippen LogP contribution < -0.4 is 0 Å². The van der Waals surface area contributed by atoms with E-state index < -0.39 is 24.0 Å². The van der Waals surface area contributed by atoms with Gasteiger partial charge in [-0.05, 0) is 36.1 Å². The lowest BCUT2D eigenvalue weighted by Gasteiger charge is -2.44. The van der Waals surface area contributed by atoms with Crippen molar-refractivity contribution in [1.29, 1.82) is 0 Å². The first-order valence-electron chi connectivity index (χ1n) is 9.52. The number of rotatable bonds is 7. The Hall–Kier alpha value is -3.83. The van der Waals surface area contributed by atoms with Crippen molar-refractivity contribution < 1.29 is 14.3 Å². The molecule has 2 unspecified atom stereocenters. The molecule has 0 bridgehead atoms. The predicted octanol–water partition coefficient (Wildman–Crippen LogP) is 4.63. The largest absolute Gasteiger partial charge is 0.456 e. The Bertz CT molecular complexity index is 1020. The highest BCUT2D eigenvalue weighted by Gasteiger charge is 2.49. The number of carbonyl (C=O) groups is 2. The van der Waals surface area contributed by atoms with E-state index in [0.29, 0.717) is 5.57 Å². The first kappa shape index (κ1) is 20.9. The molecular weight excluding hydrogens is 380 g/mol. The Labute approximate surface area is 174 Å². The van der Waals surface area contributed by atoms with Crippen molar-refractivity contribution >= 4 is 18.0 Å². The number of hydrogen-bond donors (Lipinski definition) is 0. The van der Waals surface area contributed by atoms with Gasteiger partial charge in [-0.25, -0.2) is 4.79 Å². The van der Waals surface area contributed by atoms with Gasteiger partial charge in [-0.15, -0.1) is 0 Å². The summed E-state index contributed by atoms with van der Waals surface area (Å²) in [5, 5.41) is 3.61. The fourth-order valence-electron chi connectivity index (χ4n) is 3.23. The Balaban J connectivity index is 1.83. The van der Waals surface area contributed by atoms with Crippen LogP contribution in [0.4, 0.5) is 0 Å². The Kier molecular flexibility index (Phi) is 6.67. The van der Waals surface area contributed by atoms with Gasteiger partial charge in [0.2, 0.25) is 5.91 Å². The number of azide groups is 1. The van der Waals surface area contributed by atoms with Crippen LogP contribution in [0.15, 0.2) is 83.1 Å². The van der Waals surface area contributed by atoms with E-state index in [2.05, 4.69) is 10.0 Å². The maximum absolute atomic E-state index is 12.8. The van der Waals surface area contributed by atoms with Crippen molar-refractivity contribution in [2.45, 2.75) is 32.5 Å². The van der Waals surface area contributed by atoms with Gasteiger partial charge in [0.05, 0.1) is 6.04 Å². The lowest BCUT2D eigenvalue weighted by atomic mass is 9.92. The molecule has 0 saturated carbocycles. The van der Waals surface area contributed by atoms with Gasteiger partial charge >= 0.3 is 5.97 Å². The molecule has 2 aromatic carbocycles. The maximum Gasteiger partial charge on any atom is 0.355 e. The summed E-state index contributed by atoms with van der Waals surface area (Å²) in [6.07, 6.45) is 3.60. The van der Waals surface area contributed by atoms with Crippen LogP contribution in [0.3, 0.4) is 0 Å². The molecule has 0 N–H and O–H groups in total. The minimum absolute atomic E-state index is 0.1000. The summed E-state index contributed by atoms with van der Waals surface area (Å²) in [6.45, 7) is 3.58. The lowest BCUT2D eigenvalue weighted by molar-refractivity contribution is -0.152. The van der Waals surface area contributed by atoms with Gasteiger partial charge in [0.1, 0.15) is 18.3 Å². The Morgan fingerprint density at radius 2 is 1.77 bits per heavy atom. The summed E-state index contributed by atoms with van der Waals surface area (Å²) in [5.74, 6) is -1.02. The van der Waals surface area contributed by atoms with Crippen molar-refractivity contribution in [1.82, 2.24) is 4.90 Å². The van der Waals surface area contributed by atoms with Gasteiger partial charge in [0, 0.05) is 4.91 Å². The summed E-state index contributed by atoms with van der Waals surface area (Å²) in [4.78, 5) is 29.6. The third kappa shape index (κ3) is 4.59. The average Bonchev–Trinajstić information content (AvgIpc) is 2.77. The number of carbonyl (C=O) groups excluding carboxylic acids is 2. The molecule has 1 heterocycles. The molecule has 1 aliphatic rings. The maximum atomic E-state index is 12.8. The number of ether oxygens (including phenoxy) is 1. The second-order valence-corrected chi connectivity index (χ2v) is 7.03. The van der Waals surface area contributed by atoms with Gasteiger partial charge < -0.3 is 4.74 Å². The Morgan fingerprint density at radius 1 is 1.13 bits per heavy atom. The van der Waals surface area contributed by atoms with E-state index in [4.69, 9.17) is 10.3 Å². The molecule has 0 radical (unpaired) electrons. The van der Waals surface area contributed by atoms with E-state index in [9.17, 15) is 9.59 Å². The zero-order valence-corrected chi connectivity index (χ0v) is 16.8. The van der Waals surface area contributed by atoms with E-state index >= 15 is 0 Å². The summed E-state index contributed by atoms with van der Waals surface area (Å²) < 4.78 is 5.44. The highest BCUT2D eigenvalue weighted by atomic mass is 16.5. The second kappa shape index (κ2) is 9.58. The van der Waals surface area contributed by atoms with E-state index in [1.54, 1.807) is 19.9 Å². The minimum Gasteiger partial charge on any atom is -0.456 e. The summed E-state index contributed by atoms with van der Waals surface area (Å²) in [6, 6.07) is 17.4. The molecule has 2 aromatic rings. The average molecular weight is 402 g/mol. The standard InChI is InChI=1S/C23H22N4O3/c1-16(2)21(23(29)30-15-18-11-7-4-8-12-18)27-19(20(22(27)28)25-26-24)14-13-17-9-5-3-6-10-17/h3-14,19-20H,15H2,1-2H3/b14-13+. The van der Waals surface area contributed by atoms with Crippen molar-refractivity contribution in [3.05, 3.63) is 99.6 Å². The molecule has 152 valence electrons. The van der Waals surface area contributed by atoms with Gasteiger partial charge in [-0.1, -0.05) is 77.9 Å². The lowest BCUT2D eigenvalue weighted by Crippen LogP contribution is -2.63. The highest BCUT2D eigenvalue weighted by Crippen LogP contribution is 2.32. The quantitative estimate of drug-likeness (QED) is 0.169. The third-order valence-electron chi connectivity index (χ3n) is 4.69. The molecule has 0 aromatic heterocycles. The van der Waals surface area contributed by atoms with E-state index in [0.717, 1.165) is 11.1 Å². The normalized spacial score (nSPS) is 17.8. The van der Waals surface area contributed by atoms with Gasteiger partial charge in [0.25, 0.3) is 0 Å². The van der Waals surface area contributed by atoms with Crippen LogP contribution in [0.1, 0.15) is 25.0 Å². The monoisotopic (exact) mass is 402 g/mol. The number of hydrogen-bond acceptors (Lipinski definition) is 4. The molecule has 1 saturated heterocycles. The number of β-lactam (4-membered cyclic amide) rings is 1. The van der Waals surface area contributed by atoms with Crippen LogP contribution in [0.25, 0.3) is 16.5 Å². The summed E-state index contributed by atoms with van der Waals surface area (Å²) in [7, 11) is 0. The van der Waals surface area contributed by atoms with Crippen LogP contribution in [0.2, 0.25) is 0 Å². The fraction of sp³-hybridized carbons (Fsp3) is 0.217.